The van der Waals surface area contributed by atoms with Crippen molar-refractivity contribution in [2.45, 2.75) is 44.6 Å². The van der Waals surface area contributed by atoms with E-state index in [9.17, 15) is 23.8 Å². The van der Waals surface area contributed by atoms with Crippen LogP contribution in [-0.2, 0) is 18.9 Å². The van der Waals surface area contributed by atoms with Gasteiger partial charge in [0.05, 0.1) is 18.5 Å². The molecule has 4 atom stereocenters. The van der Waals surface area contributed by atoms with Crippen molar-refractivity contribution in [3.05, 3.63) is 0 Å². The molecule has 0 aromatic rings. The van der Waals surface area contributed by atoms with E-state index in [1.807, 2.05) is 0 Å². The zero-order valence-corrected chi connectivity index (χ0v) is 15.0. The van der Waals surface area contributed by atoms with Crippen LogP contribution in [0.4, 0.5) is 0 Å². The highest BCUT2D eigenvalue weighted by molar-refractivity contribution is 7.58. The monoisotopic (exact) mass is 366 g/mol. The van der Waals surface area contributed by atoms with Crippen molar-refractivity contribution >= 4 is 25.2 Å². The van der Waals surface area contributed by atoms with Gasteiger partial charge in [-0.1, -0.05) is 13.3 Å². The zero-order chi connectivity index (χ0) is 18.9. The van der Waals surface area contributed by atoms with Crippen molar-refractivity contribution in [1.82, 2.24) is 16.0 Å². The van der Waals surface area contributed by atoms with Gasteiger partial charge in [0.2, 0.25) is 19.2 Å². The van der Waals surface area contributed by atoms with E-state index in [2.05, 4.69) is 16.0 Å². The molecule has 0 aromatic carbocycles. The van der Waals surface area contributed by atoms with E-state index in [0.29, 0.717) is 12.8 Å². The molecule has 10 nitrogen and oxygen atoms in total. The predicted octanol–water partition coefficient (Wildman–Crippen LogP) is -1.36. The summed E-state index contributed by atoms with van der Waals surface area (Å²) >= 11 is 0. The van der Waals surface area contributed by atoms with E-state index in [1.165, 1.54) is 6.92 Å². The largest absolute Gasteiger partial charge is 0.480 e. The fraction of sp³-hybridized carbons (Fsp3) is 0.769. The Morgan fingerprint density at radius 1 is 1.21 bits per heavy atom. The molecular weight excluding hydrogens is 339 g/mol. The number of aliphatic carboxylic acids is 1. The minimum absolute atomic E-state index is 0.00633. The van der Waals surface area contributed by atoms with E-state index in [1.54, 1.807) is 14.0 Å². The molecule has 0 aliphatic heterocycles. The first kappa shape index (κ1) is 22.5. The van der Waals surface area contributed by atoms with Crippen molar-refractivity contribution in [3.8, 4) is 0 Å². The number of hydrogen-bond donors (Lipinski definition) is 6. The normalized spacial score (nSPS) is 17.2. The number of carbonyl (C=O) groups is 3. The van der Waals surface area contributed by atoms with Crippen LogP contribution >= 0.6 is 7.37 Å². The molecule has 0 aliphatic rings. The highest BCUT2D eigenvalue weighted by Crippen LogP contribution is 2.44. The van der Waals surface area contributed by atoms with Crippen molar-refractivity contribution < 1.29 is 28.9 Å². The lowest BCUT2D eigenvalue weighted by Crippen LogP contribution is -2.53. The molecule has 140 valence electrons. The fourth-order valence-electron chi connectivity index (χ4n) is 1.85. The standard InChI is InChI=1S/C13H27N4O6P/c1-4-5-9(16-11(18)6-15-3)12(19)17-10(13(20)21)7-24(22,23)8(2)14/h8-10,15H,4-7,14H2,1-3H3,(H,16,18)(H,17,19)(H,20,21)(H,22,23)/t8?,9-,10?/m0/s1. The van der Waals surface area contributed by atoms with Crippen molar-refractivity contribution in [2.24, 2.45) is 5.73 Å². The van der Waals surface area contributed by atoms with Gasteiger partial charge in [-0.25, -0.2) is 4.79 Å². The molecule has 11 heteroatoms. The molecule has 0 aromatic heterocycles. The number of amides is 2. The van der Waals surface area contributed by atoms with Crippen LogP contribution in [0.5, 0.6) is 0 Å². The van der Waals surface area contributed by atoms with Gasteiger partial charge in [0.15, 0.2) is 0 Å². The topological polar surface area (TPSA) is 171 Å². The number of rotatable bonds is 11. The third-order valence-electron chi connectivity index (χ3n) is 3.26. The Morgan fingerprint density at radius 3 is 2.21 bits per heavy atom. The van der Waals surface area contributed by atoms with Crippen LogP contribution in [0.15, 0.2) is 0 Å². The van der Waals surface area contributed by atoms with E-state index in [0.717, 1.165) is 0 Å². The third kappa shape index (κ3) is 7.87. The quantitative estimate of drug-likeness (QED) is 0.243. The highest BCUT2D eigenvalue weighted by Gasteiger charge is 2.34. The first-order chi connectivity index (χ1) is 11.0. The summed E-state index contributed by atoms with van der Waals surface area (Å²) in [7, 11) is -2.36. The van der Waals surface area contributed by atoms with Crippen LogP contribution in [0.25, 0.3) is 0 Å². The second-order valence-corrected chi connectivity index (χ2v) is 8.21. The van der Waals surface area contributed by atoms with Gasteiger partial charge >= 0.3 is 5.97 Å². The maximum absolute atomic E-state index is 12.2. The van der Waals surface area contributed by atoms with Gasteiger partial charge in [-0.15, -0.1) is 0 Å². The molecule has 0 saturated heterocycles. The Hall–Kier alpha value is -1.48. The summed E-state index contributed by atoms with van der Waals surface area (Å²) < 4.78 is 11.9. The molecule has 0 bridgehead atoms. The molecule has 0 spiro atoms. The fourth-order valence-corrected chi connectivity index (χ4v) is 2.95. The van der Waals surface area contributed by atoms with Crippen LogP contribution in [-0.4, -0.2) is 65.4 Å². The van der Waals surface area contributed by atoms with Gasteiger partial charge in [-0.3, -0.25) is 14.2 Å². The van der Waals surface area contributed by atoms with Crippen LogP contribution in [0.3, 0.4) is 0 Å². The smallest absolute Gasteiger partial charge is 0.326 e. The second-order valence-electron chi connectivity index (χ2n) is 5.52. The minimum atomic E-state index is -3.93. The average Bonchev–Trinajstić information content (AvgIpc) is 2.45. The van der Waals surface area contributed by atoms with Crippen LogP contribution in [0.2, 0.25) is 0 Å². The molecule has 0 rings (SSSR count). The lowest BCUT2D eigenvalue weighted by atomic mass is 10.1. The second kappa shape index (κ2) is 10.4. The zero-order valence-electron chi connectivity index (χ0n) is 14.1. The van der Waals surface area contributed by atoms with Gasteiger partial charge < -0.3 is 31.7 Å². The van der Waals surface area contributed by atoms with Gasteiger partial charge in [-0.2, -0.15) is 0 Å². The lowest BCUT2D eigenvalue weighted by molar-refractivity contribution is -0.141. The molecule has 24 heavy (non-hydrogen) atoms. The number of carbonyl (C=O) groups excluding carboxylic acids is 2. The predicted molar refractivity (Wildman–Crippen MR) is 88.7 cm³/mol. The number of likely N-dealkylation sites (N-methyl/N-ethyl adjacent to an activating group) is 1. The van der Waals surface area contributed by atoms with Crippen molar-refractivity contribution in [3.63, 3.8) is 0 Å². The summed E-state index contributed by atoms with van der Waals surface area (Å²) in [6.07, 6.45) is 0.195. The Morgan fingerprint density at radius 2 is 1.79 bits per heavy atom. The summed E-state index contributed by atoms with van der Waals surface area (Å²) in [6.45, 7) is 3.10. The highest BCUT2D eigenvalue weighted by atomic mass is 31.2. The van der Waals surface area contributed by atoms with Crippen LogP contribution in [0.1, 0.15) is 26.7 Å². The molecule has 0 fully saturated rings. The molecule has 2 amide bonds. The van der Waals surface area contributed by atoms with E-state index >= 15 is 0 Å². The van der Waals surface area contributed by atoms with Gasteiger partial charge in [0, 0.05) is 0 Å². The number of nitrogens with one attached hydrogen (secondary N) is 3. The lowest BCUT2D eigenvalue weighted by Gasteiger charge is -2.23. The average molecular weight is 366 g/mol. The molecule has 3 unspecified atom stereocenters. The molecule has 0 aliphatic carbocycles. The van der Waals surface area contributed by atoms with Gasteiger partial charge in [-0.05, 0) is 20.4 Å². The number of carboxylic acids is 1. The molecule has 7 N–H and O–H groups in total. The summed E-state index contributed by atoms with van der Waals surface area (Å²) in [4.78, 5) is 44.8. The Kier molecular flexibility index (Phi) is 9.76. The SMILES string of the molecule is CCC[C@H](NC(=O)CNC)C(=O)NC(CP(=O)(O)C(C)N)C(=O)O. The van der Waals surface area contributed by atoms with E-state index < -0.39 is 49.2 Å². The van der Waals surface area contributed by atoms with E-state index in [4.69, 9.17) is 10.8 Å². The Balaban J connectivity index is 5.03. The number of carboxylic acid groups (broad SMARTS) is 1. The van der Waals surface area contributed by atoms with E-state index in [-0.39, 0.29) is 6.54 Å². The van der Waals surface area contributed by atoms with Gasteiger partial charge in [0.1, 0.15) is 12.1 Å². The Labute approximate surface area is 141 Å². The van der Waals surface area contributed by atoms with Crippen LogP contribution < -0.4 is 21.7 Å². The third-order valence-corrected chi connectivity index (χ3v) is 5.42. The summed E-state index contributed by atoms with van der Waals surface area (Å²) in [5.74, 6) is -3.70. The summed E-state index contributed by atoms with van der Waals surface area (Å²) in [5, 5.41) is 16.5. The number of nitrogens with two attached hydrogens (primary N) is 1. The number of hydrogen-bond acceptors (Lipinski definition) is 6. The summed E-state index contributed by atoms with van der Waals surface area (Å²) in [6, 6.07) is -2.49. The summed E-state index contributed by atoms with van der Waals surface area (Å²) in [5.41, 5.74) is 5.37. The molecule has 0 radical (unpaired) electrons. The van der Waals surface area contributed by atoms with Crippen molar-refractivity contribution in [2.75, 3.05) is 19.8 Å². The molecule has 0 heterocycles. The maximum Gasteiger partial charge on any atom is 0.326 e. The Bertz CT molecular complexity index is 499. The first-order valence-corrected chi connectivity index (χ1v) is 9.50. The van der Waals surface area contributed by atoms with Crippen LogP contribution in [0, 0.1) is 0 Å². The molecular formula is C13H27N4O6P. The van der Waals surface area contributed by atoms with Gasteiger partial charge in [0.25, 0.3) is 0 Å². The molecule has 0 saturated carbocycles. The maximum atomic E-state index is 12.2. The minimum Gasteiger partial charge on any atom is -0.480 e. The van der Waals surface area contributed by atoms with Crippen molar-refractivity contribution in [1.29, 1.82) is 0 Å². The first-order valence-electron chi connectivity index (χ1n) is 7.59.